The van der Waals surface area contributed by atoms with Crippen molar-refractivity contribution in [2.24, 2.45) is 0 Å². The van der Waals surface area contributed by atoms with Crippen LogP contribution >= 0.6 is 15.9 Å². The molecule has 1 atom stereocenters. The number of rotatable bonds is 2. The lowest BCUT2D eigenvalue weighted by Crippen LogP contribution is -1.97. The molecule has 0 amide bonds. The number of halogens is 1. The van der Waals surface area contributed by atoms with Crippen LogP contribution in [0.5, 0.6) is 0 Å². The summed E-state index contributed by atoms with van der Waals surface area (Å²) >= 11 is 3.35. The fourth-order valence-electron chi connectivity index (χ4n) is 0.535. The van der Waals surface area contributed by atoms with Crippen molar-refractivity contribution in [3.05, 3.63) is 31.1 Å². The highest BCUT2D eigenvalue weighted by atomic mass is 79.9. The average Bonchev–Trinajstić information content (AvgIpc) is 2.37. The second-order valence-corrected chi connectivity index (χ2v) is 2.53. The second kappa shape index (κ2) is 2.82. The molecule has 1 rings (SSSR count). The van der Waals surface area contributed by atoms with Gasteiger partial charge in [-0.1, -0.05) is 22.0 Å². The zero-order valence-corrected chi connectivity index (χ0v) is 6.45. The Bertz CT molecular complexity index is 181. The van der Waals surface area contributed by atoms with Gasteiger partial charge in [-0.05, 0) is 6.07 Å². The molecule has 1 unspecified atom stereocenters. The minimum atomic E-state index is 0.118. The van der Waals surface area contributed by atoms with Crippen molar-refractivity contribution in [1.29, 1.82) is 0 Å². The molecule has 3 heteroatoms. The van der Waals surface area contributed by atoms with Gasteiger partial charge >= 0.3 is 0 Å². The molecular weight excluding hydrogens is 180 g/mol. The van der Waals surface area contributed by atoms with Crippen LogP contribution in [0.15, 0.2) is 31.1 Å². The summed E-state index contributed by atoms with van der Waals surface area (Å²) in [5, 5.41) is 3.99. The highest BCUT2D eigenvalue weighted by molar-refractivity contribution is 9.09. The molecular formula is C6H7BrN2. The van der Waals surface area contributed by atoms with Gasteiger partial charge in [0.25, 0.3) is 0 Å². The smallest absolute Gasteiger partial charge is 0.124 e. The first-order valence-corrected chi connectivity index (χ1v) is 3.52. The predicted molar refractivity (Wildman–Crippen MR) is 40.4 cm³/mol. The molecule has 0 aliphatic carbocycles. The summed E-state index contributed by atoms with van der Waals surface area (Å²) in [4.78, 5) is 0.118. The van der Waals surface area contributed by atoms with E-state index >= 15 is 0 Å². The van der Waals surface area contributed by atoms with Crippen molar-refractivity contribution < 1.29 is 0 Å². The van der Waals surface area contributed by atoms with Crippen LogP contribution < -0.4 is 0 Å². The molecule has 1 aromatic rings. The number of hydrogen-bond acceptors (Lipinski definition) is 1. The van der Waals surface area contributed by atoms with Crippen molar-refractivity contribution >= 4 is 15.9 Å². The Morgan fingerprint density at radius 3 is 3.00 bits per heavy atom. The van der Waals surface area contributed by atoms with Crippen LogP contribution in [0.1, 0.15) is 4.95 Å². The molecule has 0 aromatic carbocycles. The lowest BCUT2D eigenvalue weighted by Gasteiger charge is -2.01. The average molecular weight is 187 g/mol. The van der Waals surface area contributed by atoms with Crippen molar-refractivity contribution in [3.63, 3.8) is 0 Å². The fraction of sp³-hybridized carbons (Fsp3) is 0.167. The first kappa shape index (κ1) is 6.55. The van der Waals surface area contributed by atoms with Gasteiger partial charge in [0.2, 0.25) is 0 Å². The van der Waals surface area contributed by atoms with E-state index in [0.29, 0.717) is 0 Å². The topological polar surface area (TPSA) is 17.8 Å². The van der Waals surface area contributed by atoms with Gasteiger partial charge in [0, 0.05) is 12.4 Å². The van der Waals surface area contributed by atoms with Crippen LogP contribution in [0.4, 0.5) is 0 Å². The van der Waals surface area contributed by atoms with Crippen molar-refractivity contribution in [1.82, 2.24) is 9.78 Å². The van der Waals surface area contributed by atoms with E-state index < -0.39 is 0 Å². The van der Waals surface area contributed by atoms with Gasteiger partial charge in [0.05, 0.1) is 0 Å². The van der Waals surface area contributed by atoms with Crippen LogP contribution in [0, 0.1) is 0 Å². The number of alkyl halides is 1. The summed E-state index contributed by atoms with van der Waals surface area (Å²) in [7, 11) is 0. The van der Waals surface area contributed by atoms with Crippen molar-refractivity contribution in [2.45, 2.75) is 4.95 Å². The lowest BCUT2D eigenvalue weighted by atomic mass is 10.6. The standard InChI is InChI=1S/C6H7BrN2/c1-2-6(7)9-5-3-4-8-9/h2-6H,1H2. The summed E-state index contributed by atoms with van der Waals surface area (Å²) in [5.41, 5.74) is 0. The van der Waals surface area contributed by atoms with Crippen LogP contribution in [-0.4, -0.2) is 9.78 Å². The monoisotopic (exact) mass is 186 g/mol. The Morgan fingerprint density at radius 2 is 2.56 bits per heavy atom. The van der Waals surface area contributed by atoms with Gasteiger partial charge in [0.1, 0.15) is 4.95 Å². The molecule has 0 N–H and O–H groups in total. The maximum absolute atomic E-state index is 3.99. The number of nitrogens with zero attached hydrogens (tertiary/aromatic N) is 2. The zero-order chi connectivity index (χ0) is 6.69. The second-order valence-electron chi connectivity index (χ2n) is 1.59. The Kier molecular flexibility index (Phi) is 2.05. The van der Waals surface area contributed by atoms with E-state index in [1.807, 2.05) is 12.3 Å². The molecule has 0 spiro atoms. The molecule has 9 heavy (non-hydrogen) atoms. The minimum Gasteiger partial charge on any atom is -0.255 e. The molecule has 0 saturated heterocycles. The third kappa shape index (κ3) is 1.42. The van der Waals surface area contributed by atoms with Crippen LogP contribution in [0.2, 0.25) is 0 Å². The summed E-state index contributed by atoms with van der Waals surface area (Å²) in [6, 6.07) is 1.87. The lowest BCUT2D eigenvalue weighted by molar-refractivity contribution is 0.696. The van der Waals surface area contributed by atoms with Crippen LogP contribution in [0.25, 0.3) is 0 Å². The van der Waals surface area contributed by atoms with Crippen molar-refractivity contribution in [3.8, 4) is 0 Å². The Hall–Kier alpha value is -0.570. The van der Waals surface area contributed by atoms with Gasteiger partial charge in [-0.15, -0.1) is 6.58 Å². The summed E-state index contributed by atoms with van der Waals surface area (Å²) in [6.07, 6.45) is 5.38. The molecule has 1 heterocycles. The maximum atomic E-state index is 3.99. The highest BCUT2D eigenvalue weighted by Crippen LogP contribution is 2.12. The SMILES string of the molecule is C=CC(Br)n1cccn1. The van der Waals surface area contributed by atoms with Gasteiger partial charge in [0.15, 0.2) is 0 Å². The van der Waals surface area contributed by atoms with E-state index in [9.17, 15) is 0 Å². The number of aromatic nitrogens is 2. The molecule has 0 aliphatic heterocycles. The van der Waals surface area contributed by atoms with Gasteiger partial charge in [-0.25, -0.2) is 0 Å². The normalized spacial score (nSPS) is 13.0. The van der Waals surface area contributed by atoms with E-state index in [0.717, 1.165) is 0 Å². The van der Waals surface area contributed by atoms with Crippen molar-refractivity contribution in [2.75, 3.05) is 0 Å². The molecule has 0 fully saturated rings. The maximum Gasteiger partial charge on any atom is 0.124 e. The van der Waals surface area contributed by atoms with Gasteiger partial charge in [-0.3, -0.25) is 4.68 Å². The number of allylic oxidation sites excluding steroid dienone is 1. The van der Waals surface area contributed by atoms with E-state index in [4.69, 9.17) is 0 Å². The Balaban J connectivity index is 2.76. The minimum absolute atomic E-state index is 0.118. The Morgan fingerprint density at radius 1 is 1.78 bits per heavy atom. The summed E-state index contributed by atoms with van der Waals surface area (Å²) in [5.74, 6) is 0. The molecule has 0 radical (unpaired) electrons. The van der Waals surface area contributed by atoms with E-state index in [1.165, 1.54) is 0 Å². The quantitative estimate of drug-likeness (QED) is 0.511. The molecule has 48 valence electrons. The third-order valence-electron chi connectivity index (χ3n) is 0.972. The van der Waals surface area contributed by atoms with Crippen LogP contribution in [0.3, 0.4) is 0 Å². The van der Waals surface area contributed by atoms with Gasteiger partial charge in [-0.2, -0.15) is 5.10 Å². The fourth-order valence-corrected chi connectivity index (χ4v) is 0.777. The first-order chi connectivity index (χ1) is 4.34. The Labute approximate surface area is 62.3 Å². The number of hydrogen-bond donors (Lipinski definition) is 0. The summed E-state index contributed by atoms with van der Waals surface area (Å²) < 4.78 is 1.77. The molecule has 2 nitrogen and oxygen atoms in total. The van der Waals surface area contributed by atoms with Gasteiger partial charge < -0.3 is 0 Å². The van der Waals surface area contributed by atoms with E-state index in [2.05, 4.69) is 27.6 Å². The first-order valence-electron chi connectivity index (χ1n) is 2.60. The van der Waals surface area contributed by atoms with E-state index in [-0.39, 0.29) is 4.95 Å². The molecule has 0 saturated carbocycles. The zero-order valence-electron chi connectivity index (χ0n) is 4.87. The highest BCUT2D eigenvalue weighted by Gasteiger charge is 1.96. The molecule has 0 bridgehead atoms. The molecule has 1 aromatic heterocycles. The predicted octanol–water partition coefficient (Wildman–Crippen LogP) is 1.96. The molecule has 0 aliphatic rings. The van der Waals surface area contributed by atoms with E-state index in [1.54, 1.807) is 17.0 Å². The summed E-state index contributed by atoms with van der Waals surface area (Å²) in [6.45, 7) is 3.61. The largest absolute Gasteiger partial charge is 0.255 e. The third-order valence-corrected chi connectivity index (χ3v) is 1.77. The van der Waals surface area contributed by atoms with Crippen LogP contribution in [-0.2, 0) is 0 Å².